The summed E-state index contributed by atoms with van der Waals surface area (Å²) >= 11 is 0. The van der Waals surface area contributed by atoms with E-state index in [1.165, 1.54) is 0 Å². The van der Waals surface area contributed by atoms with E-state index >= 15 is 0 Å². The van der Waals surface area contributed by atoms with Crippen molar-refractivity contribution in [3.05, 3.63) is 45.9 Å². The number of fused-ring (bicyclic) bond motifs is 1. The fraction of sp³-hybridized carbons (Fsp3) is 0.353. The van der Waals surface area contributed by atoms with Crippen LogP contribution in [0, 0.1) is 11.8 Å². The molecule has 3 N–H and O–H groups in total. The first-order valence-corrected chi connectivity index (χ1v) is 7.17. The van der Waals surface area contributed by atoms with Gasteiger partial charge in [0.25, 0.3) is 5.56 Å². The van der Waals surface area contributed by atoms with E-state index in [0.717, 1.165) is 23.9 Å². The first kappa shape index (κ1) is 13.9. The molecule has 0 bridgehead atoms. The average Bonchev–Trinajstić information content (AvgIpc) is 3.28. The maximum atomic E-state index is 12.9. The molecule has 1 aliphatic rings. The van der Waals surface area contributed by atoms with Gasteiger partial charge in [0.1, 0.15) is 6.61 Å². The summed E-state index contributed by atoms with van der Waals surface area (Å²) in [6.07, 6.45) is 2.05. The number of aromatic nitrogens is 1. The van der Waals surface area contributed by atoms with E-state index < -0.39 is 0 Å². The van der Waals surface area contributed by atoms with Crippen molar-refractivity contribution in [3.8, 4) is 11.8 Å². The monoisotopic (exact) mass is 282 g/mol. The second kappa shape index (κ2) is 5.36. The van der Waals surface area contributed by atoms with Crippen LogP contribution in [0.2, 0.25) is 0 Å². The molecule has 1 fully saturated rings. The summed E-state index contributed by atoms with van der Waals surface area (Å²) in [6.45, 7) is 1.68. The van der Waals surface area contributed by atoms with Crippen LogP contribution in [0.3, 0.4) is 0 Å². The maximum absolute atomic E-state index is 12.9. The van der Waals surface area contributed by atoms with Crippen molar-refractivity contribution in [1.82, 2.24) is 4.57 Å². The lowest BCUT2D eigenvalue weighted by Gasteiger charge is -2.17. The number of aliphatic hydroxyl groups excluding tert-OH is 1. The van der Waals surface area contributed by atoms with Gasteiger partial charge >= 0.3 is 0 Å². The second-order valence-corrected chi connectivity index (χ2v) is 5.49. The van der Waals surface area contributed by atoms with Crippen molar-refractivity contribution in [2.75, 3.05) is 6.61 Å². The molecule has 0 saturated heterocycles. The van der Waals surface area contributed by atoms with Crippen LogP contribution in [0.15, 0.2) is 29.1 Å². The Bertz CT molecular complexity index is 805. The summed E-state index contributed by atoms with van der Waals surface area (Å²) < 4.78 is 1.83. The van der Waals surface area contributed by atoms with Crippen molar-refractivity contribution in [2.45, 2.75) is 31.8 Å². The number of hydrogen-bond donors (Lipinski definition) is 2. The molecular weight excluding hydrogens is 264 g/mol. The Labute approximate surface area is 123 Å². The van der Waals surface area contributed by atoms with Gasteiger partial charge in [0.15, 0.2) is 0 Å². The van der Waals surface area contributed by atoms with Gasteiger partial charge in [-0.15, -0.1) is 0 Å². The first-order valence-electron chi connectivity index (χ1n) is 7.17. The minimum atomic E-state index is -0.217. The molecule has 0 amide bonds. The van der Waals surface area contributed by atoms with E-state index in [4.69, 9.17) is 10.8 Å². The number of rotatable bonds is 2. The van der Waals surface area contributed by atoms with Gasteiger partial charge in [-0.05, 0) is 37.3 Å². The van der Waals surface area contributed by atoms with Gasteiger partial charge in [-0.2, -0.15) is 0 Å². The van der Waals surface area contributed by atoms with Gasteiger partial charge < -0.3 is 15.4 Å². The van der Waals surface area contributed by atoms with Crippen molar-refractivity contribution in [1.29, 1.82) is 0 Å². The molecule has 0 spiro atoms. The Hall–Kier alpha value is -2.09. The predicted molar refractivity (Wildman–Crippen MR) is 83.0 cm³/mol. The maximum Gasteiger partial charge on any atom is 0.260 e. The van der Waals surface area contributed by atoms with Gasteiger partial charge in [0.2, 0.25) is 0 Å². The zero-order valence-corrected chi connectivity index (χ0v) is 12.0. The van der Waals surface area contributed by atoms with Crippen LogP contribution in [0.1, 0.15) is 43.1 Å². The Balaban J connectivity index is 2.36. The quantitative estimate of drug-likeness (QED) is 0.824. The Morgan fingerprint density at radius 3 is 2.86 bits per heavy atom. The van der Waals surface area contributed by atoms with E-state index in [1.54, 1.807) is 0 Å². The molecule has 21 heavy (non-hydrogen) atoms. The molecule has 1 saturated carbocycles. The molecule has 4 heteroatoms. The molecule has 108 valence electrons. The van der Waals surface area contributed by atoms with Crippen LogP contribution in [0.5, 0.6) is 0 Å². The Kier molecular flexibility index (Phi) is 3.54. The molecule has 0 radical (unpaired) electrons. The van der Waals surface area contributed by atoms with Gasteiger partial charge in [-0.3, -0.25) is 4.79 Å². The van der Waals surface area contributed by atoms with Crippen LogP contribution < -0.4 is 11.3 Å². The van der Waals surface area contributed by atoms with Crippen molar-refractivity contribution >= 4 is 10.8 Å². The highest BCUT2D eigenvalue weighted by atomic mass is 16.2. The van der Waals surface area contributed by atoms with Gasteiger partial charge in [0.05, 0.1) is 5.39 Å². The molecule has 1 aliphatic carbocycles. The van der Waals surface area contributed by atoms with Crippen LogP contribution in [-0.2, 0) is 0 Å². The normalized spacial score (nSPS) is 15.6. The largest absolute Gasteiger partial charge is 0.384 e. The lowest BCUT2D eigenvalue weighted by atomic mass is 10.0. The summed E-state index contributed by atoms with van der Waals surface area (Å²) in [5.41, 5.74) is 7.56. The second-order valence-electron chi connectivity index (χ2n) is 5.49. The number of benzene rings is 1. The van der Waals surface area contributed by atoms with Gasteiger partial charge in [0, 0.05) is 23.3 Å². The first-order chi connectivity index (χ1) is 10.1. The van der Waals surface area contributed by atoms with E-state index in [0.29, 0.717) is 10.9 Å². The molecular formula is C17H18N2O2. The summed E-state index contributed by atoms with van der Waals surface area (Å²) in [7, 11) is 0. The summed E-state index contributed by atoms with van der Waals surface area (Å²) in [6, 6.07) is 7.66. The lowest BCUT2D eigenvalue weighted by Crippen LogP contribution is -2.26. The molecule has 4 nitrogen and oxygen atoms in total. The molecule has 0 aliphatic heterocycles. The number of nitrogens with zero attached hydrogens (tertiary/aromatic N) is 1. The minimum Gasteiger partial charge on any atom is -0.384 e. The molecule has 1 aromatic carbocycles. The van der Waals surface area contributed by atoms with Crippen LogP contribution >= 0.6 is 0 Å². The Morgan fingerprint density at radius 1 is 1.48 bits per heavy atom. The zero-order valence-electron chi connectivity index (χ0n) is 12.0. The summed E-state index contributed by atoms with van der Waals surface area (Å²) in [4.78, 5) is 12.9. The highest BCUT2D eigenvalue weighted by Gasteiger charge is 2.28. The zero-order chi connectivity index (χ0) is 15.0. The van der Waals surface area contributed by atoms with Crippen molar-refractivity contribution in [2.24, 2.45) is 5.73 Å². The number of hydrogen-bond acceptors (Lipinski definition) is 3. The standard InChI is InChI=1S/C17H18N2O2/c1-11(18)15-10-13-5-2-4-12(6-3-9-20)16(13)17(21)19(15)14-7-8-14/h2,4-5,10-11,14,20H,7-9,18H2,1H3/t11-/m0/s1. The molecule has 1 atom stereocenters. The molecule has 1 aromatic heterocycles. The molecule has 0 unspecified atom stereocenters. The molecule has 1 heterocycles. The van der Waals surface area contributed by atoms with Crippen LogP contribution in [0.25, 0.3) is 10.8 Å². The highest BCUT2D eigenvalue weighted by Crippen LogP contribution is 2.36. The van der Waals surface area contributed by atoms with Crippen LogP contribution in [-0.4, -0.2) is 16.3 Å². The molecule has 3 rings (SSSR count). The molecule has 2 aromatic rings. The fourth-order valence-electron chi connectivity index (χ4n) is 2.69. The van der Waals surface area contributed by atoms with E-state index in [-0.39, 0.29) is 24.2 Å². The number of pyridine rings is 1. The third-order valence-corrected chi connectivity index (χ3v) is 3.79. The van der Waals surface area contributed by atoms with E-state index in [1.807, 2.05) is 35.8 Å². The van der Waals surface area contributed by atoms with E-state index in [9.17, 15) is 4.79 Å². The topological polar surface area (TPSA) is 68.2 Å². The summed E-state index contributed by atoms with van der Waals surface area (Å²) in [5, 5.41) is 10.3. The minimum absolute atomic E-state index is 0.0230. The van der Waals surface area contributed by atoms with Crippen molar-refractivity contribution < 1.29 is 5.11 Å². The Morgan fingerprint density at radius 2 is 2.24 bits per heavy atom. The fourth-order valence-corrected chi connectivity index (χ4v) is 2.69. The number of aliphatic hydroxyl groups is 1. The predicted octanol–water partition coefficient (Wildman–Crippen LogP) is 1.70. The third-order valence-electron chi connectivity index (χ3n) is 3.79. The highest BCUT2D eigenvalue weighted by molar-refractivity contribution is 5.87. The van der Waals surface area contributed by atoms with Crippen molar-refractivity contribution in [3.63, 3.8) is 0 Å². The summed E-state index contributed by atoms with van der Waals surface area (Å²) in [5.74, 6) is 5.49. The van der Waals surface area contributed by atoms with Gasteiger partial charge in [-0.1, -0.05) is 24.0 Å². The van der Waals surface area contributed by atoms with Crippen LogP contribution in [0.4, 0.5) is 0 Å². The average molecular weight is 282 g/mol. The van der Waals surface area contributed by atoms with E-state index in [2.05, 4.69) is 11.8 Å². The number of nitrogens with two attached hydrogens (primary N) is 1. The van der Waals surface area contributed by atoms with Gasteiger partial charge in [-0.25, -0.2) is 0 Å². The smallest absolute Gasteiger partial charge is 0.260 e. The lowest BCUT2D eigenvalue weighted by molar-refractivity contribution is 0.350. The SMILES string of the molecule is C[C@H](N)c1cc2cccc(C#CCO)c2c(=O)n1C1CC1. The third kappa shape index (κ3) is 2.46.